The fourth-order valence-corrected chi connectivity index (χ4v) is 7.02. The van der Waals surface area contributed by atoms with Gasteiger partial charge in [0.05, 0.1) is 24.5 Å². The van der Waals surface area contributed by atoms with Crippen molar-refractivity contribution in [2.24, 2.45) is 23.7 Å². The average Bonchev–Trinajstić information content (AvgIpc) is 3.49. The van der Waals surface area contributed by atoms with Crippen molar-refractivity contribution in [2.75, 3.05) is 13.2 Å². The van der Waals surface area contributed by atoms with Crippen molar-refractivity contribution in [1.82, 2.24) is 4.90 Å². The summed E-state index contributed by atoms with van der Waals surface area (Å²) in [6, 6.07) is 17.5. The normalized spacial score (nSPS) is 24.0. The third-order valence-corrected chi connectivity index (χ3v) is 9.04. The molecule has 0 aromatic heterocycles. The van der Waals surface area contributed by atoms with Crippen LogP contribution in [0, 0.1) is 23.7 Å². The molecule has 2 amide bonds. The summed E-state index contributed by atoms with van der Waals surface area (Å²) in [7, 11) is 0. The van der Waals surface area contributed by atoms with Crippen molar-refractivity contribution in [3.63, 3.8) is 0 Å². The molecule has 42 heavy (non-hydrogen) atoms. The molecule has 7 nitrogen and oxygen atoms in total. The molecule has 222 valence electrons. The molecule has 2 heterocycles. The van der Waals surface area contributed by atoms with Crippen LogP contribution >= 0.6 is 0 Å². The molecule has 0 unspecified atom stereocenters. The van der Waals surface area contributed by atoms with Gasteiger partial charge in [-0.25, -0.2) is 0 Å². The molecule has 2 N–H and O–H groups in total. The number of phenolic OH excluding ortho intramolecular Hbond substituents is 1. The zero-order valence-corrected chi connectivity index (χ0v) is 24.5. The molecule has 2 saturated heterocycles. The lowest BCUT2D eigenvalue weighted by Gasteiger charge is -2.33. The van der Waals surface area contributed by atoms with E-state index in [4.69, 9.17) is 9.84 Å². The van der Waals surface area contributed by atoms with Crippen molar-refractivity contribution >= 4 is 29.4 Å². The standard InChI is InChI=1S/C35H41NO6/c1-22(2)27-20-28-33(35(41)36(34(28)40)17-8-4-7-14-31(38)39)29-21-42-30(32(27)29)16-15-25(24-11-5-3-6-12-24)18-23-10-9-13-26(37)19-23/h3,5-6,9-13,18-19,22,28-30,33,37H,4,7-8,14-17,20-21H2,1-2H3,(H,38,39)/b25-18-/t28-,29+,30-,33-/m1/s1. The topological polar surface area (TPSA) is 104 Å². The van der Waals surface area contributed by atoms with E-state index in [1.807, 2.05) is 30.3 Å². The number of carboxylic acid groups (broad SMARTS) is 1. The zero-order chi connectivity index (χ0) is 29.8. The molecule has 0 spiro atoms. The number of rotatable bonds is 12. The summed E-state index contributed by atoms with van der Waals surface area (Å²) in [5.41, 5.74) is 5.68. The number of aliphatic carboxylic acids is 1. The van der Waals surface area contributed by atoms with Crippen LogP contribution in [0.25, 0.3) is 11.6 Å². The Balaban J connectivity index is 1.34. The number of hydrogen-bond acceptors (Lipinski definition) is 5. The summed E-state index contributed by atoms with van der Waals surface area (Å²) in [5, 5.41) is 18.9. The minimum Gasteiger partial charge on any atom is -0.508 e. The number of phenols is 1. The van der Waals surface area contributed by atoms with E-state index in [1.165, 1.54) is 16.0 Å². The molecule has 0 bridgehead atoms. The van der Waals surface area contributed by atoms with Gasteiger partial charge in [-0.1, -0.05) is 74.4 Å². The molecule has 7 heteroatoms. The van der Waals surface area contributed by atoms with Crippen molar-refractivity contribution in [3.8, 4) is 5.75 Å². The Morgan fingerprint density at radius 1 is 1.00 bits per heavy atom. The van der Waals surface area contributed by atoms with Gasteiger partial charge in [0, 0.05) is 18.9 Å². The molecule has 2 fully saturated rings. The average molecular weight is 572 g/mol. The summed E-state index contributed by atoms with van der Waals surface area (Å²) < 4.78 is 6.44. The number of carboxylic acids is 1. The predicted octanol–water partition coefficient (Wildman–Crippen LogP) is 6.33. The summed E-state index contributed by atoms with van der Waals surface area (Å²) in [6.07, 6.45) is 6.07. The SMILES string of the molecule is CC(C)C1=C2[C@@H](CC/C(=C/c3cccc(O)c3)c3ccccc3)OC[C@@H]2[C@@H]2C(=O)N(CCCCCC(=O)O)C(=O)[C@@H]2C1. The van der Waals surface area contributed by atoms with Crippen molar-refractivity contribution in [3.05, 3.63) is 76.9 Å². The number of hydrogen-bond donors (Lipinski definition) is 2. The maximum Gasteiger partial charge on any atom is 0.303 e. The van der Waals surface area contributed by atoms with Gasteiger partial charge in [-0.05, 0) is 72.4 Å². The highest BCUT2D eigenvalue weighted by molar-refractivity contribution is 6.06. The van der Waals surface area contributed by atoms with E-state index in [0.29, 0.717) is 38.8 Å². The Morgan fingerprint density at radius 3 is 2.50 bits per heavy atom. The lowest BCUT2D eigenvalue weighted by atomic mass is 9.67. The smallest absolute Gasteiger partial charge is 0.303 e. The molecular formula is C35H41NO6. The Morgan fingerprint density at radius 2 is 1.79 bits per heavy atom. The number of aromatic hydroxyl groups is 1. The third kappa shape index (κ3) is 6.36. The van der Waals surface area contributed by atoms with Gasteiger partial charge in [-0.3, -0.25) is 19.3 Å². The molecule has 0 saturated carbocycles. The van der Waals surface area contributed by atoms with E-state index >= 15 is 0 Å². The Labute approximate surface area is 247 Å². The van der Waals surface area contributed by atoms with Gasteiger partial charge in [-0.15, -0.1) is 0 Å². The third-order valence-electron chi connectivity index (χ3n) is 9.04. The van der Waals surface area contributed by atoms with Crippen LogP contribution in [0.15, 0.2) is 65.7 Å². The maximum absolute atomic E-state index is 13.6. The first-order chi connectivity index (χ1) is 20.2. The van der Waals surface area contributed by atoms with E-state index in [-0.39, 0.29) is 53.8 Å². The van der Waals surface area contributed by atoms with E-state index in [0.717, 1.165) is 29.5 Å². The van der Waals surface area contributed by atoms with Crippen molar-refractivity contribution in [1.29, 1.82) is 0 Å². The molecule has 5 rings (SSSR count). The fourth-order valence-electron chi connectivity index (χ4n) is 7.02. The number of amides is 2. The number of benzene rings is 2. The number of unbranched alkanes of at least 4 members (excludes halogenated alkanes) is 2. The van der Waals surface area contributed by atoms with Crippen LogP contribution < -0.4 is 0 Å². The summed E-state index contributed by atoms with van der Waals surface area (Å²) in [5.74, 6) is -1.32. The molecule has 2 aromatic rings. The monoisotopic (exact) mass is 571 g/mol. The van der Waals surface area contributed by atoms with Gasteiger partial charge >= 0.3 is 5.97 Å². The van der Waals surface area contributed by atoms with Gasteiger partial charge in [0.1, 0.15) is 5.75 Å². The second-order valence-corrected chi connectivity index (χ2v) is 12.1. The fraction of sp³-hybridized carbons (Fsp3) is 0.457. The number of likely N-dealkylation sites (tertiary alicyclic amines) is 1. The second kappa shape index (κ2) is 13.1. The van der Waals surface area contributed by atoms with E-state index in [1.54, 1.807) is 12.1 Å². The van der Waals surface area contributed by atoms with Crippen LogP contribution in [-0.2, 0) is 19.1 Å². The number of carbonyl (C=O) groups is 3. The minimum atomic E-state index is -0.823. The van der Waals surface area contributed by atoms with Crippen molar-refractivity contribution < 1.29 is 29.3 Å². The first-order valence-corrected chi connectivity index (χ1v) is 15.2. The van der Waals surface area contributed by atoms with Crippen LogP contribution in [0.3, 0.4) is 0 Å². The van der Waals surface area contributed by atoms with E-state index in [9.17, 15) is 19.5 Å². The number of ether oxygens (including phenoxy) is 1. The summed E-state index contributed by atoms with van der Waals surface area (Å²) in [4.78, 5) is 39.3. The highest BCUT2D eigenvalue weighted by atomic mass is 16.5. The van der Waals surface area contributed by atoms with Crippen molar-refractivity contribution in [2.45, 2.75) is 64.9 Å². The number of nitrogens with zero attached hydrogens (tertiary/aromatic N) is 1. The highest BCUT2D eigenvalue weighted by Gasteiger charge is 2.56. The first-order valence-electron chi connectivity index (χ1n) is 15.2. The van der Waals surface area contributed by atoms with Gasteiger partial charge in [0.2, 0.25) is 11.8 Å². The van der Waals surface area contributed by atoms with Gasteiger partial charge in [-0.2, -0.15) is 0 Å². The summed E-state index contributed by atoms with van der Waals surface area (Å²) >= 11 is 0. The van der Waals surface area contributed by atoms with E-state index < -0.39 is 5.97 Å². The molecule has 2 aliphatic heterocycles. The van der Waals surface area contributed by atoms with Crippen LogP contribution in [0.4, 0.5) is 0 Å². The van der Waals surface area contributed by atoms with Gasteiger partial charge in [0.25, 0.3) is 0 Å². The zero-order valence-electron chi connectivity index (χ0n) is 24.5. The number of fused-ring (bicyclic) bond motifs is 3. The number of allylic oxidation sites excluding steroid dienone is 2. The molecule has 0 radical (unpaired) electrons. The molecule has 4 atom stereocenters. The Bertz CT molecular complexity index is 1380. The van der Waals surface area contributed by atoms with Crippen LogP contribution in [-0.4, -0.2) is 52.2 Å². The molecule has 3 aliphatic rings. The predicted molar refractivity (Wildman–Crippen MR) is 161 cm³/mol. The van der Waals surface area contributed by atoms with E-state index in [2.05, 4.69) is 32.1 Å². The largest absolute Gasteiger partial charge is 0.508 e. The van der Waals surface area contributed by atoms with Crippen LogP contribution in [0.1, 0.15) is 69.9 Å². The summed E-state index contributed by atoms with van der Waals surface area (Å²) in [6.45, 7) is 5.12. The van der Waals surface area contributed by atoms with Gasteiger partial charge in [0.15, 0.2) is 0 Å². The molecule has 1 aliphatic carbocycles. The number of carbonyl (C=O) groups excluding carboxylic acids is 2. The van der Waals surface area contributed by atoms with Gasteiger partial charge < -0.3 is 14.9 Å². The van der Waals surface area contributed by atoms with Crippen LogP contribution in [0.5, 0.6) is 5.75 Å². The minimum absolute atomic E-state index is 0.0794. The number of imide groups is 1. The molecule has 2 aromatic carbocycles. The maximum atomic E-state index is 13.6. The second-order valence-electron chi connectivity index (χ2n) is 12.1. The Hall–Kier alpha value is -3.71. The molecular weight excluding hydrogens is 530 g/mol. The lowest BCUT2D eigenvalue weighted by molar-refractivity contribution is -0.141. The van der Waals surface area contributed by atoms with Crippen LogP contribution in [0.2, 0.25) is 0 Å². The first kappa shape index (κ1) is 29.8. The highest BCUT2D eigenvalue weighted by Crippen LogP contribution is 2.51. The Kier molecular flexibility index (Phi) is 9.27. The lowest BCUT2D eigenvalue weighted by Crippen LogP contribution is -2.35. The quantitative estimate of drug-likeness (QED) is 0.134.